The van der Waals surface area contributed by atoms with Gasteiger partial charge in [-0.15, -0.1) is 0 Å². The van der Waals surface area contributed by atoms with Crippen LogP contribution in [-0.2, 0) is 14.3 Å². The van der Waals surface area contributed by atoms with E-state index in [0.717, 1.165) is 10.0 Å². The Balaban J connectivity index is 2.02. The molecule has 1 saturated heterocycles. The van der Waals surface area contributed by atoms with Gasteiger partial charge in [0.1, 0.15) is 6.10 Å². The third-order valence-corrected chi connectivity index (χ3v) is 3.54. The van der Waals surface area contributed by atoms with Crippen LogP contribution in [0.15, 0.2) is 22.7 Å². The molecule has 0 bridgehead atoms. The average molecular weight is 328 g/mol. The lowest BCUT2D eigenvalue weighted by molar-refractivity contribution is -0.150. The molecule has 1 aromatic carbocycles. The molecule has 0 aromatic heterocycles. The Morgan fingerprint density at radius 2 is 2.05 bits per heavy atom. The fraction of sp³-hybridized carbons (Fsp3) is 0.385. The molecule has 1 fully saturated rings. The number of hydrogen-bond donors (Lipinski definition) is 2. The number of aliphatic carboxylic acids is 1. The maximum Gasteiger partial charge on any atom is 0.332 e. The van der Waals surface area contributed by atoms with E-state index in [1.165, 1.54) is 0 Å². The quantitative estimate of drug-likeness (QED) is 0.893. The van der Waals surface area contributed by atoms with Crippen LogP contribution >= 0.6 is 15.9 Å². The van der Waals surface area contributed by atoms with Gasteiger partial charge in [0.2, 0.25) is 0 Å². The van der Waals surface area contributed by atoms with Crippen molar-refractivity contribution < 1.29 is 19.4 Å². The number of halogens is 1. The van der Waals surface area contributed by atoms with E-state index in [4.69, 9.17) is 9.84 Å². The largest absolute Gasteiger partial charge is 0.479 e. The zero-order valence-electron chi connectivity index (χ0n) is 10.4. The number of carbonyl (C=O) groups is 2. The van der Waals surface area contributed by atoms with E-state index in [2.05, 4.69) is 21.2 Å². The number of carboxylic acid groups (broad SMARTS) is 1. The van der Waals surface area contributed by atoms with Crippen molar-refractivity contribution in [2.75, 3.05) is 5.32 Å². The Kier molecular flexibility index (Phi) is 4.21. The summed E-state index contributed by atoms with van der Waals surface area (Å²) in [7, 11) is 0. The second-order valence-corrected chi connectivity index (χ2v) is 5.39. The number of amides is 1. The van der Waals surface area contributed by atoms with E-state index in [1.807, 2.05) is 19.1 Å². The molecule has 0 spiro atoms. The molecule has 0 unspecified atom stereocenters. The second kappa shape index (κ2) is 5.71. The number of ether oxygens (including phenoxy) is 1. The van der Waals surface area contributed by atoms with Gasteiger partial charge < -0.3 is 15.2 Å². The molecule has 0 radical (unpaired) electrons. The molecule has 1 amide bonds. The number of carboxylic acids is 1. The van der Waals surface area contributed by atoms with Crippen molar-refractivity contribution in [3.63, 3.8) is 0 Å². The van der Waals surface area contributed by atoms with Gasteiger partial charge in [0, 0.05) is 10.2 Å². The highest BCUT2D eigenvalue weighted by molar-refractivity contribution is 9.10. The van der Waals surface area contributed by atoms with Gasteiger partial charge in [0.25, 0.3) is 5.91 Å². The molecule has 2 atom stereocenters. The molecule has 2 N–H and O–H groups in total. The normalized spacial score (nSPS) is 22.2. The zero-order valence-corrected chi connectivity index (χ0v) is 11.9. The number of carbonyl (C=O) groups excluding carboxylic acids is 1. The maximum absolute atomic E-state index is 12.0. The summed E-state index contributed by atoms with van der Waals surface area (Å²) in [4.78, 5) is 22.8. The lowest BCUT2D eigenvalue weighted by atomic mass is 10.1. The Morgan fingerprint density at radius 1 is 1.37 bits per heavy atom. The summed E-state index contributed by atoms with van der Waals surface area (Å²) in [5.74, 6) is -1.32. The Labute approximate surface area is 119 Å². The summed E-state index contributed by atoms with van der Waals surface area (Å²) < 4.78 is 6.07. The lowest BCUT2D eigenvalue weighted by Crippen LogP contribution is -2.30. The monoisotopic (exact) mass is 327 g/mol. The third kappa shape index (κ3) is 3.33. The van der Waals surface area contributed by atoms with E-state index >= 15 is 0 Å². The van der Waals surface area contributed by atoms with Crippen molar-refractivity contribution in [1.29, 1.82) is 0 Å². The SMILES string of the molecule is Cc1ccc(Br)cc1NC(=O)[C@@H]1CC[C@H](C(=O)O)O1. The van der Waals surface area contributed by atoms with E-state index in [0.29, 0.717) is 18.5 Å². The Morgan fingerprint density at radius 3 is 2.68 bits per heavy atom. The van der Waals surface area contributed by atoms with Gasteiger partial charge >= 0.3 is 5.97 Å². The molecule has 5 nitrogen and oxygen atoms in total. The molecule has 1 aromatic rings. The van der Waals surface area contributed by atoms with E-state index in [1.54, 1.807) is 6.07 Å². The highest BCUT2D eigenvalue weighted by Crippen LogP contribution is 2.24. The standard InChI is InChI=1S/C13H14BrNO4/c1-7-2-3-8(14)6-9(7)15-12(16)10-4-5-11(19-10)13(17)18/h2-3,6,10-11H,4-5H2,1H3,(H,15,16)(H,17,18)/t10-,11+/m0/s1. The summed E-state index contributed by atoms with van der Waals surface area (Å²) in [5.41, 5.74) is 1.63. The predicted molar refractivity (Wildman–Crippen MR) is 73.0 cm³/mol. The summed E-state index contributed by atoms with van der Waals surface area (Å²) in [6, 6.07) is 5.57. The zero-order chi connectivity index (χ0) is 14.0. The van der Waals surface area contributed by atoms with Crippen LogP contribution in [0, 0.1) is 6.92 Å². The minimum Gasteiger partial charge on any atom is -0.479 e. The van der Waals surface area contributed by atoms with Gasteiger partial charge in [-0.1, -0.05) is 22.0 Å². The van der Waals surface area contributed by atoms with Crippen molar-refractivity contribution in [2.24, 2.45) is 0 Å². The first-order chi connectivity index (χ1) is 8.97. The van der Waals surface area contributed by atoms with Gasteiger partial charge in [-0.2, -0.15) is 0 Å². The molecule has 1 heterocycles. The van der Waals surface area contributed by atoms with Gasteiger partial charge in [-0.3, -0.25) is 4.79 Å². The summed E-state index contributed by atoms with van der Waals surface area (Å²) >= 11 is 3.34. The first-order valence-electron chi connectivity index (χ1n) is 5.92. The topological polar surface area (TPSA) is 75.6 Å². The fourth-order valence-electron chi connectivity index (χ4n) is 1.95. The van der Waals surface area contributed by atoms with Crippen molar-refractivity contribution >= 4 is 33.5 Å². The third-order valence-electron chi connectivity index (χ3n) is 3.04. The van der Waals surface area contributed by atoms with Crippen LogP contribution in [0.3, 0.4) is 0 Å². The maximum atomic E-state index is 12.0. The van der Waals surface area contributed by atoms with Crippen molar-refractivity contribution in [3.05, 3.63) is 28.2 Å². The summed E-state index contributed by atoms with van der Waals surface area (Å²) in [6.07, 6.45) is -0.778. The first kappa shape index (κ1) is 14.0. The molecule has 102 valence electrons. The van der Waals surface area contributed by atoms with E-state index in [9.17, 15) is 9.59 Å². The highest BCUT2D eigenvalue weighted by Gasteiger charge is 2.34. The smallest absolute Gasteiger partial charge is 0.332 e. The van der Waals surface area contributed by atoms with Crippen LogP contribution < -0.4 is 5.32 Å². The minimum absolute atomic E-state index is 0.301. The molecular weight excluding hydrogens is 314 g/mol. The highest BCUT2D eigenvalue weighted by atomic mass is 79.9. The molecular formula is C13H14BrNO4. The summed E-state index contributed by atoms with van der Waals surface area (Å²) in [5, 5.41) is 11.6. The number of anilines is 1. The van der Waals surface area contributed by atoms with Gasteiger partial charge in [-0.05, 0) is 37.5 Å². The molecule has 1 aliphatic heterocycles. The van der Waals surface area contributed by atoms with Crippen LogP contribution in [0.1, 0.15) is 18.4 Å². The van der Waals surface area contributed by atoms with Crippen molar-refractivity contribution in [2.45, 2.75) is 32.0 Å². The number of hydrogen-bond acceptors (Lipinski definition) is 3. The van der Waals surface area contributed by atoms with E-state index < -0.39 is 18.2 Å². The van der Waals surface area contributed by atoms with E-state index in [-0.39, 0.29) is 5.91 Å². The minimum atomic E-state index is -1.02. The van der Waals surface area contributed by atoms with Crippen LogP contribution in [-0.4, -0.2) is 29.2 Å². The van der Waals surface area contributed by atoms with Gasteiger partial charge in [0.15, 0.2) is 6.10 Å². The first-order valence-corrected chi connectivity index (χ1v) is 6.72. The van der Waals surface area contributed by atoms with Crippen LogP contribution in [0.5, 0.6) is 0 Å². The van der Waals surface area contributed by atoms with Gasteiger partial charge in [-0.25, -0.2) is 4.79 Å². The number of rotatable bonds is 3. The molecule has 19 heavy (non-hydrogen) atoms. The second-order valence-electron chi connectivity index (χ2n) is 4.48. The average Bonchev–Trinajstić information content (AvgIpc) is 2.83. The fourth-order valence-corrected chi connectivity index (χ4v) is 2.31. The van der Waals surface area contributed by atoms with Crippen molar-refractivity contribution in [1.82, 2.24) is 0 Å². The van der Waals surface area contributed by atoms with Crippen molar-refractivity contribution in [3.8, 4) is 0 Å². The Hall–Kier alpha value is -1.40. The molecule has 0 aliphatic carbocycles. The number of aryl methyl sites for hydroxylation is 1. The van der Waals surface area contributed by atoms with Crippen LogP contribution in [0.4, 0.5) is 5.69 Å². The van der Waals surface area contributed by atoms with Gasteiger partial charge in [0.05, 0.1) is 0 Å². The van der Waals surface area contributed by atoms with Crippen LogP contribution in [0.2, 0.25) is 0 Å². The molecule has 2 rings (SSSR count). The number of benzene rings is 1. The molecule has 6 heteroatoms. The lowest BCUT2D eigenvalue weighted by Gasteiger charge is -2.13. The van der Waals surface area contributed by atoms with Crippen LogP contribution in [0.25, 0.3) is 0 Å². The predicted octanol–water partition coefficient (Wildman–Crippen LogP) is 2.33. The molecule has 0 saturated carbocycles. The Bertz CT molecular complexity index is 517. The molecule has 1 aliphatic rings. The number of nitrogens with one attached hydrogen (secondary N) is 1. The summed E-state index contributed by atoms with van der Waals surface area (Å²) in [6.45, 7) is 1.89.